The Morgan fingerprint density at radius 1 is 1.03 bits per heavy atom. The van der Waals surface area contributed by atoms with Crippen LogP contribution in [-0.2, 0) is 11.2 Å². The molecule has 0 aliphatic heterocycles. The zero-order valence-corrected chi connectivity index (χ0v) is 19.2. The summed E-state index contributed by atoms with van der Waals surface area (Å²) >= 11 is 1.51. The van der Waals surface area contributed by atoms with Gasteiger partial charge in [0.15, 0.2) is 5.12 Å². The fraction of sp³-hybridized carbons (Fsp3) is 0.444. The summed E-state index contributed by atoms with van der Waals surface area (Å²) < 4.78 is 5.99. The van der Waals surface area contributed by atoms with E-state index in [0.29, 0.717) is 5.12 Å². The minimum Gasteiger partial charge on any atom is -0.494 e. The van der Waals surface area contributed by atoms with Crippen molar-refractivity contribution in [2.45, 2.75) is 58.8 Å². The number of hydrogen-bond donors (Lipinski definition) is 0. The van der Waals surface area contributed by atoms with Crippen LogP contribution in [0, 0.1) is 5.92 Å². The molecule has 2 aromatic rings. The van der Waals surface area contributed by atoms with Crippen LogP contribution in [0.15, 0.2) is 48.5 Å². The maximum atomic E-state index is 11.8. The first kappa shape index (κ1) is 22.7. The van der Waals surface area contributed by atoms with Crippen molar-refractivity contribution in [2.24, 2.45) is 5.92 Å². The van der Waals surface area contributed by atoms with Crippen LogP contribution < -0.4 is 4.74 Å². The van der Waals surface area contributed by atoms with E-state index >= 15 is 0 Å². The monoisotopic (exact) mass is 422 g/mol. The van der Waals surface area contributed by atoms with Gasteiger partial charge in [0.05, 0.1) is 6.61 Å². The second kappa shape index (κ2) is 12.0. The lowest BCUT2D eigenvalue weighted by molar-refractivity contribution is -0.113. The van der Waals surface area contributed by atoms with Crippen molar-refractivity contribution >= 4 is 28.5 Å². The molecule has 0 radical (unpaired) electrons. The Hall–Kier alpha value is -2.00. The predicted octanol–water partition coefficient (Wildman–Crippen LogP) is 7.42. The summed E-state index contributed by atoms with van der Waals surface area (Å²) in [7, 11) is 0. The molecule has 1 atom stereocenters. The highest BCUT2D eigenvalue weighted by atomic mass is 32.2. The van der Waals surface area contributed by atoms with Crippen molar-refractivity contribution in [1.29, 1.82) is 0 Å². The van der Waals surface area contributed by atoms with Gasteiger partial charge in [0.25, 0.3) is 0 Å². The molecule has 0 saturated heterocycles. The van der Waals surface area contributed by atoms with E-state index in [2.05, 4.69) is 61.5 Å². The van der Waals surface area contributed by atoms with Gasteiger partial charge in [-0.2, -0.15) is 0 Å². The van der Waals surface area contributed by atoms with Gasteiger partial charge >= 0.3 is 0 Å². The lowest BCUT2D eigenvalue weighted by atomic mass is 9.88. The Kier molecular flexibility index (Phi) is 9.07. The van der Waals surface area contributed by atoms with Gasteiger partial charge in [-0.3, -0.25) is 4.79 Å². The first-order valence-corrected chi connectivity index (χ1v) is 12.3. The van der Waals surface area contributed by atoms with E-state index in [-0.39, 0.29) is 5.92 Å². The van der Waals surface area contributed by atoms with Crippen LogP contribution in [0.1, 0.15) is 69.1 Å². The third kappa shape index (κ3) is 6.77. The van der Waals surface area contributed by atoms with Crippen molar-refractivity contribution < 1.29 is 9.53 Å². The third-order valence-corrected chi connectivity index (χ3v) is 7.00. The van der Waals surface area contributed by atoms with Crippen LogP contribution in [0.5, 0.6) is 5.75 Å². The summed E-state index contributed by atoms with van der Waals surface area (Å²) in [5.74, 6) is 2.13. The Morgan fingerprint density at radius 2 is 1.83 bits per heavy atom. The Labute approximate surface area is 186 Å². The number of carbonyl (C=O) groups excluding carboxylic acids is 1. The number of fused-ring (bicyclic) bond motifs is 1. The molecule has 160 valence electrons. The average molecular weight is 423 g/mol. The van der Waals surface area contributed by atoms with Crippen LogP contribution in [0.3, 0.4) is 0 Å². The molecule has 2 nitrogen and oxygen atoms in total. The Balaban J connectivity index is 1.36. The molecule has 3 heteroatoms. The van der Waals surface area contributed by atoms with E-state index in [9.17, 15) is 4.79 Å². The van der Waals surface area contributed by atoms with E-state index < -0.39 is 0 Å². The molecule has 0 amide bonds. The van der Waals surface area contributed by atoms with Crippen molar-refractivity contribution in [3.05, 3.63) is 65.2 Å². The number of ether oxygens (including phenoxy) is 1. The highest BCUT2D eigenvalue weighted by molar-refractivity contribution is 8.13. The van der Waals surface area contributed by atoms with E-state index in [1.54, 1.807) is 0 Å². The van der Waals surface area contributed by atoms with Gasteiger partial charge in [0.1, 0.15) is 5.75 Å². The van der Waals surface area contributed by atoms with Gasteiger partial charge in [-0.1, -0.05) is 80.9 Å². The van der Waals surface area contributed by atoms with E-state index in [1.807, 2.05) is 6.92 Å². The van der Waals surface area contributed by atoms with Crippen LogP contribution in [0.25, 0.3) is 11.6 Å². The van der Waals surface area contributed by atoms with Crippen molar-refractivity contribution in [2.75, 3.05) is 12.4 Å². The lowest BCUT2D eigenvalue weighted by Gasteiger charge is -2.18. The zero-order valence-electron chi connectivity index (χ0n) is 18.4. The van der Waals surface area contributed by atoms with Gasteiger partial charge in [0, 0.05) is 11.7 Å². The molecule has 0 spiro atoms. The molecular formula is C27H34O2S. The molecule has 3 rings (SSSR count). The van der Waals surface area contributed by atoms with Crippen molar-refractivity contribution in [1.82, 2.24) is 0 Å². The topological polar surface area (TPSA) is 26.3 Å². The molecule has 30 heavy (non-hydrogen) atoms. The predicted molar refractivity (Wildman–Crippen MR) is 130 cm³/mol. The zero-order chi connectivity index (χ0) is 21.2. The first-order chi connectivity index (χ1) is 14.7. The van der Waals surface area contributed by atoms with Gasteiger partial charge in [-0.15, -0.1) is 0 Å². The fourth-order valence-electron chi connectivity index (χ4n) is 3.67. The van der Waals surface area contributed by atoms with Crippen LogP contribution in [0.4, 0.5) is 0 Å². The number of benzene rings is 2. The van der Waals surface area contributed by atoms with E-state index in [1.165, 1.54) is 40.4 Å². The number of allylic oxidation sites excluding steroid dienone is 1. The molecule has 2 aromatic carbocycles. The molecule has 0 N–H and O–H groups in total. The number of unbranched alkanes of at least 4 members (excludes halogenated alkanes) is 3. The molecule has 0 aromatic heterocycles. The quantitative estimate of drug-likeness (QED) is 0.352. The van der Waals surface area contributed by atoms with Gasteiger partial charge in [-0.25, -0.2) is 0 Å². The lowest BCUT2D eigenvalue weighted by Crippen LogP contribution is -2.05. The largest absolute Gasteiger partial charge is 0.494 e. The highest BCUT2D eigenvalue weighted by Gasteiger charge is 2.13. The third-order valence-electron chi connectivity index (χ3n) is 5.82. The molecule has 1 aliphatic rings. The standard InChI is InChI=1S/C27H34O2S/c1-3-21(2)27(28)30-18-10-5-4-9-17-29-26-16-15-24-19-23(13-14-25(24)20-26)22-11-7-6-8-12-22/h6-8,11-12,15-16,19-21H,3-5,9-10,13-14,17-18H2,1-2H3. The minimum absolute atomic E-state index is 0.195. The molecule has 1 aliphatic carbocycles. The summed E-state index contributed by atoms with van der Waals surface area (Å²) in [6, 6.07) is 17.2. The molecule has 0 bridgehead atoms. The summed E-state index contributed by atoms with van der Waals surface area (Å²) in [6.07, 6.45) is 9.92. The fourth-order valence-corrected chi connectivity index (χ4v) is 4.67. The number of rotatable bonds is 11. The Bertz CT molecular complexity index is 841. The summed E-state index contributed by atoms with van der Waals surface area (Å²) in [4.78, 5) is 11.8. The van der Waals surface area contributed by atoms with Crippen molar-refractivity contribution in [3.8, 4) is 5.75 Å². The number of hydrogen-bond acceptors (Lipinski definition) is 3. The van der Waals surface area contributed by atoms with Crippen LogP contribution in [-0.4, -0.2) is 17.5 Å². The molecule has 1 unspecified atom stereocenters. The van der Waals surface area contributed by atoms with Crippen LogP contribution >= 0.6 is 11.8 Å². The van der Waals surface area contributed by atoms with Crippen molar-refractivity contribution in [3.63, 3.8) is 0 Å². The second-order valence-corrected chi connectivity index (χ2v) is 9.23. The normalized spacial score (nSPS) is 14.0. The number of thioether (sulfide) groups is 1. The van der Waals surface area contributed by atoms with Gasteiger partial charge < -0.3 is 4.74 Å². The maximum absolute atomic E-state index is 11.8. The van der Waals surface area contributed by atoms with Crippen LogP contribution in [0.2, 0.25) is 0 Å². The summed E-state index contributed by atoms with van der Waals surface area (Å²) in [5.41, 5.74) is 5.44. The average Bonchev–Trinajstić information content (AvgIpc) is 2.80. The molecule has 0 saturated carbocycles. The maximum Gasteiger partial charge on any atom is 0.191 e. The van der Waals surface area contributed by atoms with Gasteiger partial charge in [-0.05, 0) is 66.5 Å². The number of carbonyl (C=O) groups is 1. The second-order valence-electron chi connectivity index (χ2n) is 8.14. The SMILES string of the molecule is CCC(C)C(=O)SCCCCCCOc1ccc2c(c1)CCC(c1ccccc1)=C2. The van der Waals surface area contributed by atoms with Gasteiger partial charge in [0.2, 0.25) is 0 Å². The van der Waals surface area contributed by atoms with E-state index in [4.69, 9.17) is 4.74 Å². The van der Waals surface area contributed by atoms with E-state index in [0.717, 1.165) is 56.6 Å². The summed E-state index contributed by atoms with van der Waals surface area (Å²) in [5, 5.41) is 0.346. The Morgan fingerprint density at radius 3 is 2.63 bits per heavy atom. The highest BCUT2D eigenvalue weighted by Crippen LogP contribution is 2.32. The molecule has 0 heterocycles. The first-order valence-electron chi connectivity index (χ1n) is 11.4. The smallest absolute Gasteiger partial charge is 0.191 e. The number of aryl methyl sites for hydroxylation is 1. The molecular weight excluding hydrogens is 388 g/mol. The summed E-state index contributed by atoms with van der Waals surface area (Å²) in [6.45, 7) is 4.86. The molecule has 0 fully saturated rings. The minimum atomic E-state index is 0.195.